The minimum absolute atomic E-state index is 0.00504. The van der Waals surface area contributed by atoms with E-state index in [1.54, 1.807) is 20.2 Å². The van der Waals surface area contributed by atoms with Crippen LogP contribution in [-0.4, -0.2) is 66.7 Å². The number of carbonyl (C=O) groups excluding carboxylic acids is 1. The van der Waals surface area contributed by atoms with Crippen LogP contribution in [0.4, 0.5) is 0 Å². The average Bonchev–Trinajstić information content (AvgIpc) is 3.24. The van der Waals surface area contributed by atoms with Crippen molar-refractivity contribution in [3.05, 3.63) is 45.8 Å². The van der Waals surface area contributed by atoms with Crippen molar-refractivity contribution in [2.45, 2.75) is 50.7 Å². The van der Waals surface area contributed by atoms with Gasteiger partial charge in [-0.1, -0.05) is 11.6 Å². The highest BCUT2D eigenvalue weighted by atomic mass is 35.5. The Hall–Kier alpha value is -2.91. The van der Waals surface area contributed by atoms with Gasteiger partial charge in [0.25, 0.3) is 0 Å². The Bertz CT molecular complexity index is 1080. The highest BCUT2D eigenvalue weighted by Crippen LogP contribution is 2.37. The molecule has 1 unspecified atom stereocenters. The Morgan fingerprint density at radius 1 is 1.50 bits per heavy atom. The molecule has 1 spiro atoms. The number of rotatable bonds is 6. The lowest BCUT2D eigenvalue weighted by atomic mass is 9.82. The number of allylic oxidation sites excluding steroid dienone is 3. The number of aromatic nitrogens is 1. The minimum Gasteiger partial charge on any atom is -0.481 e. The summed E-state index contributed by atoms with van der Waals surface area (Å²) in [6.07, 6.45) is 7.68. The van der Waals surface area contributed by atoms with Gasteiger partial charge >= 0.3 is 0 Å². The zero-order valence-electron chi connectivity index (χ0n) is 20.0. The molecule has 10 heteroatoms. The van der Waals surface area contributed by atoms with Gasteiger partial charge in [-0.25, -0.2) is 4.98 Å². The summed E-state index contributed by atoms with van der Waals surface area (Å²) < 4.78 is 5.21. The number of nitrogens with zero attached hydrogens (tertiary/aromatic N) is 3. The number of hydrazone groups is 1. The first-order valence-corrected chi connectivity index (χ1v) is 11.9. The monoisotopic (exact) mass is 485 g/mol. The lowest BCUT2D eigenvalue weighted by Crippen LogP contribution is -2.61. The molecule has 0 aromatic carbocycles. The second-order valence-corrected chi connectivity index (χ2v) is 9.51. The maximum Gasteiger partial charge on any atom is 0.229 e. The Balaban J connectivity index is 1.46. The molecule has 3 aliphatic rings. The second-order valence-electron chi connectivity index (χ2n) is 9.10. The van der Waals surface area contributed by atoms with Crippen LogP contribution in [0.15, 0.2) is 40.3 Å². The molecule has 0 bridgehead atoms. The number of piperidine rings is 1. The van der Waals surface area contributed by atoms with Crippen LogP contribution in [0.5, 0.6) is 5.88 Å². The Kier molecular flexibility index (Phi) is 6.95. The van der Waals surface area contributed by atoms with E-state index in [0.29, 0.717) is 29.7 Å². The molecule has 2 fully saturated rings. The zero-order chi connectivity index (χ0) is 24.5. The lowest BCUT2D eigenvalue weighted by molar-refractivity contribution is -0.131. The number of carbonyl (C=O) groups is 1. The predicted octanol–water partition coefficient (Wildman–Crippen LogP) is 2.56. The van der Waals surface area contributed by atoms with Gasteiger partial charge in [-0.05, 0) is 50.3 Å². The van der Waals surface area contributed by atoms with Crippen LogP contribution in [0, 0.1) is 5.41 Å². The first kappa shape index (κ1) is 24.2. The molecule has 4 rings (SSSR count). The fourth-order valence-corrected chi connectivity index (χ4v) is 5.36. The van der Waals surface area contributed by atoms with Crippen LogP contribution < -0.4 is 20.8 Å². The summed E-state index contributed by atoms with van der Waals surface area (Å²) in [7, 11) is 3.28. The molecular formula is C24H32ClN7O2. The van der Waals surface area contributed by atoms with Gasteiger partial charge in [0.15, 0.2) is 0 Å². The van der Waals surface area contributed by atoms with Crippen molar-refractivity contribution in [1.29, 1.82) is 5.41 Å². The van der Waals surface area contributed by atoms with Crippen LogP contribution in [-0.2, 0) is 4.79 Å². The molecule has 2 saturated heterocycles. The van der Waals surface area contributed by atoms with Crippen LogP contribution >= 0.6 is 11.6 Å². The molecule has 34 heavy (non-hydrogen) atoms. The van der Waals surface area contributed by atoms with E-state index >= 15 is 0 Å². The number of ether oxygens (including phenoxy) is 1. The van der Waals surface area contributed by atoms with Gasteiger partial charge in [-0.2, -0.15) is 5.10 Å². The van der Waals surface area contributed by atoms with Gasteiger partial charge in [-0.3, -0.25) is 10.1 Å². The summed E-state index contributed by atoms with van der Waals surface area (Å²) in [5.74, 6) is 0.122. The number of methoxy groups -OCH3 is 1. The highest BCUT2D eigenvalue weighted by molar-refractivity contribution is 6.38. The number of halogens is 1. The van der Waals surface area contributed by atoms with Gasteiger partial charge in [0, 0.05) is 55.4 Å². The highest BCUT2D eigenvalue weighted by Gasteiger charge is 2.45. The predicted molar refractivity (Wildman–Crippen MR) is 133 cm³/mol. The first-order chi connectivity index (χ1) is 16.3. The number of amides is 1. The second kappa shape index (κ2) is 9.76. The number of dihydropyridines is 1. The largest absolute Gasteiger partial charge is 0.481 e. The maximum absolute atomic E-state index is 13.4. The number of nitrogens with one attached hydrogen (secondary N) is 4. The van der Waals surface area contributed by atoms with Gasteiger partial charge in [-0.15, -0.1) is 0 Å². The van der Waals surface area contributed by atoms with Crippen molar-refractivity contribution in [2.75, 3.05) is 27.2 Å². The summed E-state index contributed by atoms with van der Waals surface area (Å²) >= 11 is 6.35. The topological polar surface area (TPSA) is 115 Å². The van der Waals surface area contributed by atoms with Gasteiger partial charge in [0.2, 0.25) is 11.8 Å². The number of fused-ring (bicyclic) bond motifs is 1. The lowest BCUT2D eigenvalue weighted by Gasteiger charge is -2.43. The van der Waals surface area contributed by atoms with E-state index in [1.165, 1.54) is 18.0 Å². The normalized spacial score (nSPS) is 25.4. The smallest absolute Gasteiger partial charge is 0.229 e. The molecule has 3 atom stereocenters. The minimum atomic E-state index is -0.384. The summed E-state index contributed by atoms with van der Waals surface area (Å²) in [5.41, 5.74) is 7.10. The SMILES string of the molecule is CN/N=C(\C=N)C1=C(C)NC2N[C@@]3(CCC2=C1)CCN(C(=O)[C@H](C)c1cc(OC)ncc1Cl)C3. The molecular weight excluding hydrogens is 454 g/mol. The van der Waals surface area contributed by atoms with Crippen molar-refractivity contribution >= 4 is 29.4 Å². The van der Waals surface area contributed by atoms with Crippen LogP contribution in [0.1, 0.15) is 44.6 Å². The molecule has 182 valence electrons. The third-order valence-corrected chi connectivity index (χ3v) is 7.34. The Labute approximate surface area is 205 Å². The number of likely N-dealkylation sites (tertiary alicyclic amines) is 1. The standard InChI is InChI=1S/C24H32ClN7O2/c1-14(17-10-21(34-4)28-12-19(17)25)23(33)32-8-7-24(13-32)6-5-16-9-18(20(11-26)31-27-3)15(2)29-22(16)30-24/h9-12,14,22,26-27,29-30H,5-8,13H2,1-4H3/b26-11?,31-20+/t14-,22?,24+/m1/s1. The summed E-state index contributed by atoms with van der Waals surface area (Å²) in [6.45, 7) is 5.24. The zero-order valence-corrected chi connectivity index (χ0v) is 20.8. The maximum atomic E-state index is 13.4. The van der Waals surface area contributed by atoms with Crippen LogP contribution in [0.2, 0.25) is 5.02 Å². The quantitative estimate of drug-likeness (QED) is 0.363. The summed E-state index contributed by atoms with van der Waals surface area (Å²) in [6, 6.07) is 1.74. The van der Waals surface area contributed by atoms with E-state index in [2.05, 4.69) is 32.2 Å². The van der Waals surface area contributed by atoms with Gasteiger partial charge in [0.1, 0.15) is 5.71 Å². The molecule has 0 aliphatic carbocycles. The van der Waals surface area contributed by atoms with Crippen molar-refractivity contribution < 1.29 is 9.53 Å². The summed E-state index contributed by atoms with van der Waals surface area (Å²) in [4.78, 5) is 19.4. The molecule has 4 N–H and O–H groups in total. The molecule has 4 heterocycles. The van der Waals surface area contributed by atoms with E-state index in [0.717, 1.165) is 36.1 Å². The van der Waals surface area contributed by atoms with E-state index in [4.69, 9.17) is 21.7 Å². The average molecular weight is 486 g/mol. The molecule has 0 radical (unpaired) electrons. The van der Waals surface area contributed by atoms with Gasteiger partial charge in [0.05, 0.1) is 24.2 Å². The van der Waals surface area contributed by atoms with Crippen LogP contribution in [0.3, 0.4) is 0 Å². The molecule has 1 aromatic heterocycles. The van der Waals surface area contributed by atoms with E-state index in [9.17, 15) is 4.79 Å². The molecule has 1 aromatic rings. The number of hydrogen-bond acceptors (Lipinski definition) is 8. The fourth-order valence-electron chi connectivity index (χ4n) is 5.09. The first-order valence-electron chi connectivity index (χ1n) is 11.5. The fraction of sp³-hybridized carbons (Fsp3) is 0.500. The number of pyridine rings is 1. The van der Waals surface area contributed by atoms with Crippen LogP contribution in [0.25, 0.3) is 0 Å². The Morgan fingerprint density at radius 2 is 2.29 bits per heavy atom. The molecule has 9 nitrogen and oxygen atoms in total. The van der Waals surface area contributed by atoms with E-state index in [-0.39, 0.29) is 23.5 Å². The molecule has 3 aliphatic heterocycles. The molecule has 0 saturated carbocycles. The third-order valence-electron chi connectivity index (χ3n) is 7.02. The summed E-state index contributed by atoms with van der Waals surface area (Å²) in [5, 5.41) is 19.7. The van der Waals surface area contributed by atoms with E-state index in [1.807, 2.05) is 18.7 Å². The van der Waals surface area contributed by atoms with Crippen molar-refractivity contribution in [3.63, 3.8) is 0 Å². The van der Waals surface area contributed by atoms with Crippen molar-refractivity contribution in [3.8, 4) is 5.88 Å². The van der Waals surface area contributed by atoms with Crippen molar-refractivity contribution in [2.24, 2.45) is 5.10 Å². The van der Waals surface area contributed by atoms with Gasteiger partial charge < -0.3 is 25.8 Å². The number of hydrogen-bond donors (Lipinski definition) is 4. The van der Waals surface area contributed by atoms with E-state index < -0.39 is 0 Å². The van der Waals surface area contributed by atoms with Crippen molar-refractivity contribution in [1.82, 2.24) is 25.9 Å². The Morgan fingerprint density at radius 3 is 3.00 bits per heavy atom. The third kappa shape index (κ3) is 4.54. The molecule has 1 amide bonds.